The molecule has 3 N–H and O–H groups in total. The molecule has 2 heterocycles. The maximum atomic E-state index is 12.1. The normalized spacial score (nSPS) is 12.6. The van der Waals surface area contributed by atoms with Gasteiger partial charge in [-0.15, -0.1) is 0 Å². The molecule has 0 fully saturated rings. The Morgan fingerprint density at radius 2 is 1.61 bits per heavy atom. The highest BCUT2D eigenvalue weighted by Crippen LogP contribution is 2.37. The van der Waals surface area contributed by atoms with Crippen LogP contribution in [0.2, 0.25) is 5.04 Å². The number of methoxy groups -OCH3 is 2. The number of rotatable bonds is 14. The number of hydrogen-bond donors (Lipinski definition) is 2. The fraction of sp³-hybridized carbons (Fsp3) is 0.368. The van der Waals surface area contributed by atoms with Gasteiger partial charge in [-0.1, -0.05) is 101 Å². The zero-order valence-electron chi connectivity index (χ0n) is 29.6. The van der Waals surface area contributed by atoms with E-state index in [1.807, 2.05) is 17.7 Å². The van der Waals surface area contributed by atoms with Crippen LogP contribution in [-0.4, -0.2) is 60.9 Å². The van der Waals surface area contributed by atoms with Gasteiger partial charge in [0.25, 0.3) is 8.32 Å². The highest BCUT2D eigenvalue weighted by Gasteiger charge is 2.50. The molecule has 0 aliphatic rings. The average molecular weight is 681 g/mol. The summed E-state index contributed by atoms with van der Waals surface area (Å²) < 4.78 is 19.6. The van der Waals surface area contributed by atoms with E-state index in [4.69, 9.17) is 29.7 Å². The fourth-order valence-electron chi connectivity index (χ4n) is 6.69. The minimum atomic E-state index is -2.68. The van der Waals surface area contributed by atoms with Gasteiger partial charge < -0.3 is 25.0 Å². The first-order chi connectivity index (χ1) is 23.5. The highest BCUT2D eigenvalue weighted by atomic mass is 28.4. The van der Waals surface area contributed by atoms with E-state index in [2.05, 4.69) is 98.7 Å². The zero-order chi connectivity index (χ0) is 35.2. The van der Waals surface area contributed by atoms with Crippen molar-refractivity contribution >= 4 is 47.5 Å². The molecule has 0 spiro atoms. The van der Waals surface area contributed by atoms with E-state index in [0.29, 0.717) is 35.8 Å². The SMILES string of the molecule is CCC[C@@H](CCO[Si](c1ccccc1)(c1ccccc1)C(C)(C)C)Nc1nc(N)nc2c(C)nn(Cc3ccc(C(=O)OC)cc3OC)c12. The minimum Gasteiger partial charge on any atom is -0.496 e. The topological polar surface area (TPSA) is 126 Å². The van der Waals surface area contributed by atoms with Crippen LogP contribution < -0.4 is 26.2 Å². The molecule has 0 aliphatic carbocycles. The summed E-state index contributed by atoms with van der Waals surface area (Å²) in [7, 11) is 0.249. The van der Waals surface area contributed by atoms with E-state index >= 15 is 0 Å². The Morgan fingerprint density at radius 3 is 2.18 bits per heavy atom. The summed E-state index contributed by atoms with van der Waals surface area (Å²) in [6.45, 7) is 11.9. The van der Waals surface area contributed by atoms with Gasteiger partial charge in [-0.2, -0.15) is 10.1 Å². The second-order valence-corrected chi connectivity index (χ2v) is 17.6. The van der Waals surface area contributed by atoms with E-state index in [1.54, 1.807) is 19.2 Å². The van der Waals surface area contributed by atoms with Gasteiger partial charge in [-0.3, -0.25) is 4.68 Å². The van der Waals surface area contributed by atoms with Crippen LogP contribution in [0, 0.1) is 6.92 Å². The van der Waals surface area contributed by atoms with Crippen molar-refractivity contribution in [2.24, 2.45) is 0 Å². The number of nitrogen functional groups attached to an aromatic ring is 1. The molecule has 5 rings (SSSR count). The largest absolute Gasteiger partial charge is 0.496 e. The molecule has 2 aromatic heterocycles. The van der Waals surface area contributed by atoms with Crippen LogP contribution in [0.3, 0.4) is 0 Å². The van der Waals surface area contributed by atoms with Gasteiger partial charge >= 0.3 is 5.97 Å². The van der Waals surface area contributed by atoms with Crippen LogP contribution in [-0.2, 0) is 15.7 Å². The molecule has 10 nitrogen and oxygen atoms in total. The first kappa shape index (κ1) is 35.6. The lowest BCUT2D eigenvalue weighted by atomic mass is 10.1. The van der Waals surface area contributed by atoms with Gasteiger partial charge in [0.05, 0.1) is 32.0 Å². The van der Waals surface area contributed by atoms with E-state index in [0.717, 1.165) is 36.0 Å². The minimum absolute atomic E-state index is 0.0539. The van der Waals surface area contributed by atoms with Crippen LogP contribution in [0.25, 0.3) is 11.0 Å². The second-order valence-electron chi connectivity index (χ2n) is 13.3. The number of carbonyl (C=O) groups is 1. The third-order valence-corrected chi connectivity index (χ3v) is 14.0. The number of esters is 1. The first-order valence-electron chi connectivity index (χ1n) is 16.8. The van der Waals surface area contributed by atoms with Gasteiger partial charge in [0.15, 0.2) is 5.82 Å². The van der Waals surface area contributed by atoms with E-state index in [1.165, 1.54) is 17.5 Å². The number of nitrogens with two attached hydrogens (primary N) is 1. The van der Waals surface area contributed by atoms with Gasteiger partial charge in [-0.05, 0) is 47.3 Å². The maximum absolute atomic E-state index is 12.1. The monoisotopic (exact) mass is 680 g/mol. The summed E-state index contributed by atoms with van der Waals surface area (Å²) in [6, 6.07) is 26.7. The summed E-state index contributed by atoms with van der Waals surface area (Å²) in [4.78, 5) is 21.4. The molecule has 0 radical (unpaired) electrons. The van der Waals surface area contributed by atoms with E-state index in [-0.39, 0.29) is 17.0 Å². The smallest absolute Gasteiger partial charge is 0.337 e. The lowest BCUT2D eigenvalue weighted by Gasteiger charge is -2.43. The quantitative estimate of drug-likeness (QED) is 0.106. The molecule has 0 amide bonds. The van der Waals surface area contributed by atoms with E-state index < -0.39 is 14.3 Å². The van der Waals surface area contributed by atoms with Crippen molar-refractivity contribution in [1.82, 2.24) is 19.7 Å². The average Bonchev–Trinajstić information content (AvgIpc) is 3.40. The Labute approximate surface area is 290 Å². The van der Waals surface area contributed by atoms with E-state index in [9.17, 15) is 4.79 Å². The van der Waals surface area contributed by atoms with Crippen LogP contribution in [0.4, 0.5) is 11.8 Å². The molecular formula is C38H48N6O4Si. The number of aryl methyl sites for hydroxylation is 1. The first-order valence-corrected chi connectivity index (χ1v) is 18.7. The van der Waals surface area contributed by atoms with Crippen molar-refractivity contribution in [3.63, 3.8) is 0 Å². The van der Waals surface area contributed by atoms with Gasteiger partial charge in [0.1, 0.15) is 16.8 Å². The number of nitrogens with zero attached hydrogens (tertiary/aromatic N) is 4. The third kappa shape index (κ3) is 7.47. The number of carbonyl (C=O) groups excluding carboxylic acids is 1. The number of anilines is 2. The molecule has 5 aromatic rings. The molecule has 1 atom stereocenters. The van der Waals surface area contributed by atoms with Crippen molar-refractivity contribution in [2.75, 3.05) is 31.9 Å². The molecule has 3 aromatic carbocycles. The zero-order valence-corrected chi connectivity index (χ0v) is 30.6. The van der Waals surface area contributed by atoms with Crippen LogP contribution >= 0.6 is 0 Å². The molecule has 0 aliphatic heterocycles. The molecule has 258 valence electrons. The third-order valence-electron chi connectivity index (χ3n) is 8.98. The number of ether oxygens (including phenoxy) is 2. The van der Waals surface area contributed by atoms with Crippen molar-refractivity contribution < 1.29 is 18.7 Å². The summed E-state index contributed by atoms with van der Waals surface area (Å²) in [5.41, 5.74) is 9.67. The fourth-order valence-corrected chi connectivity index (χ4v) is 11.3. The van der Waals surface area contributed by atoms with Crippen LogP contribution in [0.5, 0.6) is 5.75 Å². The molecule has 49 heavy (non-hydrogen) atoms. The molecule has 0 saturated heterocycles. The van der Waals surface area contributed by atoms with Gasteiger partial charge in [0, 0.05) is 18.2 Å². The number of hydrogen-bond acceptors (Lipinski definition) is 9. The lowest BCUT2D eigenvalue weighted by molar-refractivity contribution is 0.0600. The number of nitrogens with one attached hydrogen (secondary N) is 1. The molecule has 11 heteroatoms. The van der Waals surface area contributed by atoms with Crippen molar-refractivity contribution in [3.05, 3.63) is 95.7 Å². The predicted molar refractivity (Wildman–Crippen MR) is 198 cm³/mol. The van der Waals surface area contributed by atoms with Crippen LogP contribution in [0.1, 0.15) is 68.6 Å². The molecule has 0 unspecified atom stereocenters. The van der Waals surface area contributed by atoms with Crippen molar-refractivity contribution in [1.29, 1.82) is 0 Å². The Balaban J connectivity index is 1.46. The Morgan fingerprint density at radius 1 is 0.959 bits per heavy atom. The summed E-state index contributed by atoms with van der Waals surface area (Å²) in [5, 5.41) is 11.0. The standard InChI is InChI=1S/C38H48N6O4Si/c1-8-15-29(22-23-48-49(38(3,4)5,30-16-11-9-12-17-30)31-18-13-10-14-19-31)40-35-34-33(41-37(39)42-35)26(2)43-44(34)25-28-21-20-27(36(45)47-7)24-32(28)46-6/h9-14,16-21,24,29H,8,15,22-23,25H2,1-7H3,(H3,39,40,41,42)/t29-/m0/s1. The summed E-state index contributed by atoms with van der Waals surface area (Å²) in [6.07, 6.45) is 2.65. The molecule has 0 bridgehead atoms. The van der Waals surface area contributed by atoms with Crippen molar-refractivity contribution in [3.8, 4) is 5.75 Å². The Kier molecular flexibility index (Phi) is 11.0. The summed E-state index contributed by atoms with van der Waals surface area (Å²) in [5.74, 6) is 0.925. The maximum Gasteiger partial charge on any atom is 0.337 e. The second kappa shape index (κ2) is 15.2. The van der Waals surface area contributed by atoms with Crippen molar-refractivity contribution in [2.45, 2.75) is 71.5 Å². The molecular weight excluding hydrogens is 633 g/mol. The number of fused-ring (bicyclic) bond motifs is 1. The molecule has 0 saturated carbocycles. The Hall–Kier alpha value is -4.74. The lowest BCUT2D eigenvalue weighted by Crippen LogP contribution is -2.66. The predicted octanol–water partition coefficient (Wildman–Crippen LogP) is 6.11. The van der Waals surface area contributed by atoms with Gasteiger partial charge in [-0.25, -0.2) is 9.78 Å². The summed E-state index contributed by atoms with van der Waals surface area (Å²) >= 11 is 0. The Bertz CT molecular complexity index is 1840. The van der Waals surface area contributed by atoms with Gasteiger partial charge in [0.2, 0.25) is 5.95 Å². The number of benzene rings is 3. The van der Waals surface area contributed by atoms with Crippen LogP contribution in [0.15, 0.2) is 78.9 Å². The number of aromatic nitrogens is 4. The highest BCUT2D eigenvalue weighted by molar-refractivity contribution is 6.99.